The van der Waals surface area contributed by atoms with E-state index in [9.17, 15) is 0 Å². The Morgan fingerprint density at radius 3 is 1.75 bits per heavy atom. The van der Waals surface area contributed by atoms with Gasteiger partial charge in [-0.15, -0.1) is 0 Å². The first-order chi connectivity index (χ1) is 5.55. The van der Waals surface area contributed by atoms with Gasteiger partial charge in [0.1, 0.15) is 0 Å². The molecule has 0 nitrogen and oxygen atoms in total. The topological polar surface area (TPSA) is 0 Å². The second-order valence-electron chi connectivity index (χ2n) is 3.93. The van der Waals surface area contributed by atoms with Gasteiger partial charge in [0.15, 0.2) is 0 Å². The fourth-order valence-electron chi connectivity index (χ4n) is 3.07. The number of alkyl halides is 2. The Kier molecular flexibility index (Phi) is 2.38. The molecule has 3 aliphatic rings. The van der Waals surface area contributed by atoms with Gasteiger partial charge >= 0.3 is 107 Å². The monoisotopic (exact) mass is 538 g/mol. The zero-order chi connectivity index (χ0) is 8.67. The maximum atomic E-state index is 4.00. The van der Waals surface area contributed by atoms with E-state index in [0.29, 0.717) is 0 Å². The van der Waals surface area contributed by atoms with Crippen molar-refractivity contribution in [3.63, 3.8) is 0 Å². The van der Waals surface area contributed by atoms with E-state index in [4.69, 9.17) is 0 Å². The van der Waals surface area contributed by atoms with Gasteiger partial charge in [0.25, 0.3) is 0 Å². The minimum atomic E-state index is -1.74. The summed E-state index contributed by atoms with van der Waals surface area (Å²) in [5.41, 5.74) is 0. The molecule has 3 rings (SSSR count). The van der Waals surface area contributed by atoms with Crippen LogP contribution in [0.5, 0.6) is 0 Å². The van der Waals surface area contributed by atoms with E-state index in [0.717, 1.165) is 29.4 Å². The molecule has 70 valence electrons. The predicted octanol–water partition coefficient (Wildman–Crippen LogP) is 4.15. The summed E-state index contributed by atoms with van der Waals surface area (Å²) >= 11 is 14.0. The van der Waals surface area contributed by atoms with Crippen LogP contribution in [0.25, 0.3) is 0 Å². The van der Waals surface area contributed by atoms with Gasteiger partial charge in [-0.1, -0.05) is 0 Å². The van der Waals surface area contributed by atoms with Crippen LogP contribution in [0, 0.1) is 11.8 Å². The van der Waals surface area contributed by atoms with Gasteiger partial charge in [-0.3, -0.25) is 0 Å². The molecule has 5 heteroatoms. The Labute approximate surface area is 105 Å². The molecular formula is C7H8Br4Te. The molecule has 0 aromatic carbocycles. The molecule has 4 atom stereocenters. The molecule has 2 bridgehead atoms. The molecule has 0 N–H and O–H groups in total. The van der Waals surface area contributed by atoms with E-state index in [1.165, 1.54) is 6.42 Å². The Hall–Kier alpha value is 2.71. The van der Waals surface area contributed by atoms with Crippen LogP contribution >= 0.6 is 57.4 Å². The van der Waals surface area contributed by atoms with E-state index in [-0.39, 0.29) is 0 Å². The van der Waals surface area contributed by atoms with E-state index >= 15 is 0 Å². The van der Waals surface area contributed by atoms with Crippen LogP contribution in [-0.2, 0) is 0 Å². The third-order valence-electron chi connectivity index (χ3n) is 3.56. The van der Waals surface area contributed by atoms with Crippen molar-refractivity contribution in [3.8, 4) is 0 Å². The number of hydrogen-bond acceptors (Lipinski definition) is 0. The van der Waals surface area contributed by atoms with Crippen LogP contribution in [0.2, 0.25) is 7.93 Å². The van der Waals surface area contributed by atoms with Crippen LogP contribution in [0.3, 0.4) is 0 Å². The van der Waals surface area contributed by atoms with Gasteiger partial charge in [-0.25, -0.2) is 0 Å². The first-order valence-corrected chi connectivity index (χ1v) is 19.0. The SMILES string of the molecule is BrC1C2CC3C1[Te](Br)(Br)C3C2Br. The first-order valence-electron chi connectivity index (χ1n) is 4.03. The van der Waals surface area contributed by atoms with Crippen molar-refractivity contribution in [1.82, 2.24) is 0 Å². The average molecular weight is 539 g/mol. The predicted molar refractivity (Wildman–Crippen MR) is 68.1 cm³/mol. The Bertz CT molecular complexity index is 220. The van der Waals surface area contributed by atoms with Crippen molar-refractivity contribution in [2.24, 2.45) is 11.8 Å². The summed E-state index contributed by atoms with van der Waals surface area (Å²) in [6.07, 6.45) is 1.46. The van der Waals surface area contributed by atoms with Gasteiger partial charge in [0.2, 0.25) is 0 Å². The summed E-state index contributed by atoms with van der Waals surface area (Å²) in [7, 11) is 0. The summed E-state index contributed by atoms with van der Waals surface area (Å²) in [5.74, 6) is 1.95. The molecule has 1 heterocycles. The van der Waals surface area contributed by atoms with E-state index < -0.39 is 13.8 Å². The van der Waals surface area contributed by atoms with Crippen LogP contribution < -0.4 is 0 Å². The van der Waals surface area contributed by atoms with Gasteiger partial charge in [0.05, 0.1) is 0 Å². The molecule has 4 unspecified atom stereocenters. The van der Waals surface area contributed by atoms with E-state index in [1.54, 1.807) is 0 Å². The fourth-order valence-corrected chi connectivity index (χ4v) is 39.0. The van der Waals surface area contributed by atoms with Gasteiger partial charge < -0.3 is 0 Å². The van der Waals surface area contributed by atoms with E-state index in [2.05, 4.69) is 57.4 Å². The normalized spacial score (nSPS) is 67.7. The summed E-state index contributed by atoms with van der Waals surface area (Å²) in [6.45, 7) is 0. The Balaban J connectivity index is 2.03. The zero-order valence-corrected chi connectivity index (χ0v) is 14.8. The molecule has 0 amide bonds. The standard InChI is InChI=1S/C7H8Br4Te/c8-4-2-1-3-6(4)12(10,11)7(3)5(2)9/h2-7H,1H2. The quantitative estimate of drug-likeness (QED) is 0.321. The molecule has 2 aliphatic carbocycles. The minimum absolute atomic E-state index is 0.789. The van der Waals surface area contributed by atoms with Crippen LogP contribution in [0.15, 0.2) is 0 Å². The van der Waals surface area contributed by atoms with E-state index in [1.807, 2.05) is 0 Å². The van der Waals surface area contributed by atoms with Crippen molar-refractivity contribution < 1.29 is 0 Å². The number of fused-ring (bicyclic) bond motifs is 1. The van der Waals surface area contributed by atoms with Crippen LogP contribution in [0.4, 0.5) is 0 Å². The second-order valence-corrected chi connectivity index (χ2v) is 32.5. The van der Waals surface area contributed by atoms with Crippen molar-refractivity contribution in [1.29, 1.82) is 0 Å². The van der Waals surface area contributed by atoms with Gasteiger partial charge in [-0.2, -0.15) is 0 Å². The number of halogens is 4. The first kappa shape index (κ1) is 9.90. The van der Waals surface area contributed by atoms with Crippen LogP contribution in [-0.4, -0.2) is 23.4 Å². The number of hydrogen-bond donors (Lipinski definition) is 0. The summed E-state index contributed by atoms with van der Waals surface area (Å²) in [6, 6.07) is 0. The van der Waals surface area contributed by atoms with Crippen LogP contribution in [0.1, 0.15) is 6.42 Å². The third kappa shape index (κ3) is 0.955. The van der Waals surface area contributed by atoms with Crippen molar-refractivity contribution in [2.45, 2.75) is 24.0 Å². The summed E-state index contributed by atoms with van der Waals surface area (Å²) in [5, 5.41) is 0. The average Bonchev–Trinajstić information content (AvgIpc) is 2.36. The summed E-state index contributed by atoms with van der Waals surface area (Å²) in [4.78, 5) is 1.58. The molecule has 0 radical (unpaired) electrons. The molecule has 0 aromatic rings. The zero-order valence-electron chi connectivity index (χ0n) is 6.09. The molecule has 0 spiro atoms. The number of rotatable bonds is 0. The van der Waals surface area contributed by atoms with Gasteiger partial charge in [-0.05, 0) is 0 Å². The molecule has 1 aliphatic heterocycles. The maximum absolute atomic E-state index is 4.00. The van der Waals surface area contributed by atoms with Crippen molar-refractivity contribution in [3.05, 3.63) is 0 Å². The summed E-state index contributed by atoms with van der Waals surface area (Å²) < 4.78 is 1.99. The molecule has 1 saturated heterocycles. The Morgan fingerprint density at radius 1 is 0.917 bits per heavy atom. The second kappa shape index (κ2) is 2.88. The molecule has 3 fully saturated rings. The molecule has 12 heavy (non-hydrogen) atoms. The van der Waals surface area contributed by atoms with Crippen molar-refractivity contribution in [2.75, 3.05) is 0 Å². The fraction of sp³-hybridized carbons (Fsp3) is 1.00. The van der Waals surface area contributed by atoms with Gasteiger partial charge in [0, 0.05) is 0 Å². The van der Waals surface area contributed by atoms with Crippen molar-refractivity contribution >= 4 is 71.1 Å². The molecular weight excluding hydrogens is 531 g/mol. The molecule has 0 aromatic heterocycles. The Morgan fingerprint density at radius 2 is 1.42 bits per heavy atom. The third-order valence-corrected chi connectivity index (χ3v) is 27.6. The molecule has 2 saturated carbocycles.